The quantitative estimate of drug-likeness (QED) is 0.0781. The maximum atomic E-state index is 11.6. The van der Waals surface area contributed by atoms with Crippen molar-refractivity contribution in [1.82, 2.24) is 20.4 Å². The van der Waals surface area contributed by atoms with Crippen molar-refractivity contribution < 1.29 is 57.2 Å². The molecule has 0 saturated carbocycles. The molecular formula is C24H34N4O12. The predicted octanol–water partition coefficient (Wildman–Crippen LogP) is -1.64. The van der Waals surface area contributed by atoms with Crippen molar-refractivity contribution in [2.45, 2.75) is 0 Å². The lowest BCUT2D eigenvalue weighted by Crippen LogP contribution is -2.31. The van der Waals surface area contributed by atoms with E-state index in [1.807, 2.05) is 0 Å². The highest BCUT2D eigenvalue weighted by Crippen LogP contribution is 1.97. The first-order valence-electron chi connectivity index (χ1n) is 12.6. The maximum Gasteiger partial charge on any atom is 0.331 e. The van der Waals surface area contributed by atoms with Crippen LogP contribution in [0.25, 0.3) is 0 Å². The largest absolute Gasteiger partial charge is 0.461 e. The van der Waals surface area contributed by atoms with Gasteiger partial charge in [-0.1, -0.05) is 0 Å². The van der Waals surface area contributed by atoms with Crippen LogP contribution in [0.4, 0.5) is 9.59 Å². The van der Waals surface area contributed by atoms with Crippen LogP contribution in [0, 0.1) is 0 Å². The topological polar surface area (TPSA) is 188 Å². The summed E-state index contributed by atoms with van der Waals surface area (Å²) in [7, 11) is 0. The summed E-state index contributed by atoms with van der Waals surface area (Å²) in [4.78, 5) is 72.0. The molecule has 0 atom stereocenters. The van der Waals surface area contributed by atoms with Crippen LogP contribution >= 0.6 is 0 Å². The Kier molecular flexibility index (Phi) is 15.2. The Labute approximate surface area is 230 Å². The second-order valence-corrected chi connectivity index (χ2v) is 8.00. The normalized spacial score (nSPS) is 14.9. The van der Waals surface area contributed by atoms with Crippen LogP contribution in [0.5, 0.6) is 0 Å². The molecule has 0 radical (unpaired) electrons. The number of esters is 4. The van der Waals surface area contributed by atoms with E-state index in [4.69, 9.17) is 28.4 Å². The van der Waals surface area contributed by atoms with Crippen molar-refractivity contribution in [3.8, 4) is 0 Å². The van der Waals surface area contributed by atoms with Crippen LogP contribution < -0.4 is 10.6 Å². The summed E-state index contributed by atoms with van der Waals surface area (Å²) in [5.41, 5.74) is 0. The molecule has 222 valence electrons. The first-order valence-corrected chi connectivity index (χ1v) is 12.6. The first-order chi connectivity index (χ1) is 19.3. The molecule has 40 heavy (non-hydrogen) atoms. The molecule has 2 saturated heterocycles. The first kappa shape index (κ1) is 32.0. The number of carbonyl (C=O) groups excluding carboxylic acids is 6. The number of amides is 4. The van der Waals surface area contributed by atoms with Crippen LogP contribution in [0.2, 0.25) is 0 Å². The van der Waals surface area contributed by atoms with Gasteiger partial charge >= 0.3 is 35.9 Å². The standard InChI is InChI=1S/C24H34N4O12/c29-19(37-11-9-27-7-5-25-23(27)33)1-3-21(31)39-17-15-35-13-14-36-16-18-40-22(32)4-2-20(30)38-12-10-28-8-6-26-24(28)34/h1-4H,5-18H2,(H,25,33)(H,26,34)/b3-1-,4-2-. The van der Waals surface area contributed by atoms with Crippen molar-refractivity contribution >= 4 is 35.9 Å². The lowest BCUT2D eigenvalue weighted by molar-refractivity contribution is -0.142. The average molecular weight is 571 g/mol. The Balaban J connectivity index is 1.36. The average Bonchev–Trinajstić information content (AvgIpc) is 3.54. The zero-order chi connectivity index (χ0) is 29.0. The third-order valence-corrected chi connectivity index (χ3v) is 5.13. The monoisotopic (exact) mass is 570 g/mol. The highest BCUT2D eigenvalue weighted by molar-refractivity contribution is 5.92. The summed E-state index contributed by atoms with van der Waals surface area (Å²) < 4.78 is 30.0. The summed E-state index contributed by atoms with van der Waals surface area (Å²) >= 11 is 0. The Bertz CT molecular complexity index is 865. The fourth-order valence-corrected chi connectivity index (χ4v) is 3.15. The fourth-order valence-electron chi connectivity index (χ4n) is 3.15. The molecular weight excluding hydrogens is 536 g/mol. The Morgan fingerprint density at radius 1 is 0.550 bits per heavy atom. The Hall–Kier alpha value is -4.18. The van der Waals surface area contributed by atoms with E-state index in [1.54, 1.807) is 0 Å². The van der Waals surface area contributed by atoms with E-state index in [1.165, 1.54) is 9.80 Å². The van der Waals surface area contributed by atoms with E-state index in [0.29, 0.717) is 26.2 Å². The molecule has 16 nitrogen and oxygen atoms in total. The molecule has 2 fully saturated rings. The second kappa shape index (κ2) is 19.0. The molecule has 4 amide bonds. The van der Waals surface area contributed by atoms with Crippen LogP contribution in [-0.2, 0) is 47.6 Å². The molecule has 0 aromatic rings. The van der Waals surface area contributed by atoms with Gasteiger partial charge in [-0.05, 0) is 0 Å². The minimum atomic E-state index is -0.740. The third-order valence-electron chi connectivity index (χ3n) is 5.13. The van der Waals surface area contributed by atoms with Crippen LogP contribution in [0.1, 0.15) is 0 Å². The van der Waals surface area contributed by atoms with E-state index >= 15 is 0 Å². The molecule has 0 bridgehead atoms. The third kappa shape index (κ3) is 14.1. The number of rotatable bonds is 19. The van der Waals surface area contributed by atoms with Gasteiger partial charge in [-0.25, -0.2) is 28.8 Å². The number of nitrogens with zero attached hydrogens (tertiary/aromatic N) is 2. The molecule has 2 N–H and O–H groups in total. The van der Waals surface area contributed by atoms with Crippen LogP contribution in [-0.4, -0.2) is 138 Å². The van der Waals surface area contributed by atoms with Gasteiger partial charge < -0.3 is 48.9 Å². The van der Waals surface area contributed by atoms with Gasteiger partial charge in [0.25, 0.3) is 0 Å². The van der Waals surface area contributed by atoms with Crippen LogP contribution in [0.15, 0.2) is 24.3 Å². The zero-order valence-electron chi connectivity index (χ0n) is 22.0. The lowest BCUT2D eigenvalue weighted by atomic mass is 10.5. The number of carbonyl (C=O) groups is 6. The van der Waals surface area contributed by atoms with Gasteiger partial charge in [-0.3, -0.25) is 0 Å². The molecule has 0 aliphatic carbocycles. The van der Waals surface area contributed by atoms with Gasteiger partial charge in [0.2, 0.25) is 0 Å². The molecule has 2 aliphatic heterocycles. The summed E-state index contributed by atoms with van der Waals surface area (Å²) in [6, 6.07) is -0.418. The van der Waals surface area contributed by atoms with E-state index in [2.05, 4.69) is 10.6 Å². The number of urea groups is 2. The van der Waals surface area contributed by atoms with Crippen molar-refractivity contribution in [1.29, 1.82) is 0 Å². The highest BCUT2D eigenvalue weighted by atomic mass is 16.6. The summed E-state index contributed by atoms with van der Waals surface area (Å²) in [5, 5.41) is 5.26. The van der Waals surface area contributed by atoms with Gasteiger partial charge in [0.1, 0.15) is 26.4 Å². The van der Waals surface area contributed by atoms with Crippen molar-refractivity contribution in [3.63, 3.8) is 0 Å². The van der Waals surface area contributed by atoms with Gasteiger partial charge in [0, 0.05) is 50.5 Å². The molecule has 0 spiro atoms. The minimum absolute atomic E-state index is 0.0145. The van der Waals surface area contributed by atoms with E-state index in [-0.39, 0.29) is 78.0 Å². The smallest absolute Gasteiger partial charge is 0.331 e. The maximum absolute atomic E-state index is 11.6. The molecule has 0 aromatic carbocycles. The fraction of sp³-hybridized carbons (Fsp3) is 0.583. The second-order valence-electron chi connectivity index (χ2n) is 8.00. The van der Waals surface area contributed by atoms with Gasteiger partial charge in [-0.15, -0.1) is 0 Å². The SMILES string of the molecule is O=C(/C=C\C(=O)OCCN1CCNC1=O)OCCOCCOCCOC(=O)/C=C\C(=O)OCCN1CCNC1=O. The van der Waals surface area contributed by atoms with Gasteiger partial charge in [0.15, 0.2) is 0 Å². The Morgan fingerprint density at radius 3 is 1.20 bits per heavy atom. The van der Waals surface area contributed by atoms with Crippen molar-refractivity contribution in [2.24, 2.45) is 0 Å². The molecule has 0 unspecified atom stereocenters. The number of nitrogens with one attached hydrogen (secondary N) is 2. The number of hydrogen-bond donors (Lipinski definition) is 2. The zero-order valence-corrected chi connectivity index (χ0v) is 22.0. The summed E-state index contributed by atoms with van der Waals surface area (Å²) in [6.07, 6.45) is 3.75. The van der Waals surface area contributed by atoms with E-state index in [0.717, 1.165) is 24.3 Å². The molecule has 2 aliphatic rings. The highest BCUT2D eigenvalue weighted by Gasteiger charge is 2.19. The van der Waals surface area contributed by atoms with Crippen molar-refractivity contribution in [3.05, 3.63) is 24.3 Å². The minimum Gasteiger partial charge on any atom is -0.461 e. The van der Waals surface area contributed by atoms with Crippen LogP contribution in [0.3, 0.4) is 0 Å². The Morgan fingerprint density at radius 2 is 0.875 bits per heavy atom. The number of hydrogen-bond acceptors (Lipinski definition) is 12. The van der Waals surface area contributed by atoms with E-state index in [9.17, 15) is 28.8 Å². The summed E-state index contributed by atoms with van der Waals surface area (Å²) in [6.45, 7) is 3.29. The lowest BCUT2D eigenvalue weighted by Gasteiger charge is -2.13. The molecule has 2 heterocycles. The molecule has 16 heteroatoms. The molecule has 0 aromatic heterocycles. The van der Waals surface area contributed by atoms with Crippen molar-refractivity contribution in [2.75, 3.05) is 92.1 Å². The van der Waals surface area contributed by atoms with Gasteiger partial charge in [-0.2, -0.15) is 0 Å². The van der Waals surface area contributed by atoms with E-state index < -0.39 is 23.9 Å². The number of ether oxygens (including phenoxy) is 6. The predicted molar refractivity (Wildman–Crippen MR) is 134 cm³/mol. The summed E-state index contributed by atoms with van der Waals surface area (Å²) in [5.74, 6) is -2.93. The molecule has 2 rings (SSSR count). The van der Waals surface area contributed by atoms with Gasteiger partial charge in [0.05, 0.1) is 39.5 Å².